The standard InChI is InChI=1S/C10H12Cl2N2O2/c11-7-3-1-4-8(10(7)12)16-6-2-5-9(13)14-15/h1,3-4,15H,2,5-6H2,(H2,13,14). The number of rotatable bonds is 5. The van der Waals surface area contributed by atoms with Crippen molar-refractivity contribution in [2.24, 2.45) is 10.9 Å². The van der Waals surface area contributed by atoms with Crippen molar-refractivity contribution in [2.75, 3.05) is 6.61 Å². The van der Waals surface area contributed by atoms with Gasteiger partial charge < -0.3 is 15.7 Å². The summed E-state index contributed by atoms with van der Waals surface area (Å²) in [5, 5.41) is 12.0. The maximum absolute atomic E-state index is 8.32. The predicted molar refractivity (Wildman–Crippen MR) is 64.6 cm³/mol. The van der Waals surface area contributed by atoms with E-state index in [0.29, 0.717) is 35.2 Å². The van der Waals surface area contributed by atoms with Gasteiger partial charge in [-0.1, -0.05) is 34.4 Å². The van der Waals surface area contributed by atoms with E-state index in [-0.39, 0.29) is 5.84 Å². The highest BCUT2D eigenvalue weighted by molar-refractivity contribution is 6.42. The van der Waals surface area contributed by atoms with Crippen molar-refractivity contribution in [1.82, 2.24) is 0 Å². The van der Waals surface area contributed by atoms with Crippen LogP contribution in [0.1, 0.15) is 12.8 Å². The molecule has 0 aliphatic carbocycles. The summed E-state index contributed by atoms with van der Waals surface area (Å²) in [6.07, 6.45) is 1.10. The van der Waals surface area contributed by atoms with Gasteiger partial charge in [0.05, 0.1) is 11.6 Å². The van der Waals surface area contributed by atoms with E-state index < -0.39 is 0 Å². The number of amidine groups is 1. The van der Waals surface area contributed by atoms with Crippen LogP contribution in [0.4, 0.5) is 0 Å². The van der Waals surface area contributed by atoms with Gasteiger partial charge in [0, 0.05) is 6.42 Å². The molecule has 1 aromatic rings. The molecule has 3 N–H and O–H groups in total. The van der Waals surface area contributed by atoms with Gasteiger partial charge in [0.15, 0.2) is 0 Å². The minimum absolute atomic E-state index is 0.181. The van der Waals surface area contributed by atoms with Gasteiger partial charge in [-0.3, -0.25) is 0 Å². The van der Waals surface area contributed by atoms with Crippen LogP contribution in [0.2, 0.25) is 10.0 Å². The highest BCUT2D eigenvalue weighted by atomic mass is 35.5. The summed E-state index contributed by atoms with van der Waals surface area (Å²) in [5.41, 5.74) is 5.30. The number of nitrogens with two attached hydrogens (primary N) is 1. The molecule has 88 valence electrons. The van der Waals surface area contributed by atoms with Crippen LogP contribution in [-0.4, -0.2) is 17.6 Å². The smallest absolute Gasteiger partial charge is 0.139 e. The number of hydrogen-bond donors (Lipinski definition) is 2. The summed E-state index contributed by atoms with van der Waals surface area (Å²) in [6.45, 7) is 0.427. The maximum atomic E-state index is 8.32. The van der Waals surface area contributed by atoms with Crippen LogP contribution in [0.15, 0.2) is 23.4 Å². The van der Waals surface area contributed by atoms with Crippen LogP contribution >= 0.6 is 23.2 Å². The van der Waals surface area contributed by atoms with E-state index in [2.05, 4.69) is 5.16 Å². The topological polar surface area (TPSA) is 67.8 Å². The van der Waals surface area contributed by atoms with Crippen molar-refractivity contribution in [3.63, 3.8) is 0 Å². The van der Waals surface area contributed by atoms with Gasteiger partial charge in [0.25, 0.3) is 0 Å². The van der Waals surface area contributed by atoms with E-state index in [1.165, 1.54) is 0 Å². The van der Waals surface area contributed by atoms with Crippen LogP contribution in [-0.2, 0) is 0 Å². The SMILES string of the molecule is NC(CCCOc1cccc(Cl)c1Cl)=NO. The summed E-state index contributed by atoms with van der Waals surface area (Å²) in [7, 11) is 0. The molecule has 0 saturated heterocycles. The molecule has 6 heteroatoms. The Labute approximate surface area is 104 Å². The monoisotopic (exact) mass is 262 g/mol. The first-order valence-corrected chi connectivity index (χ1v) is 5.44. The predicted octanol–water partition coefficient (Wildman–Crippen LogP) is 2.90. The molecule has 16 heavy (non-hydrogen) atoms. The Balaban J connectivity index is 2.41. The summed E-state index contributed by atoms with van der Waals surface area (Å²) in [6, 6.07) is 5.18. The molecular weight excluding hydrogens is 251 g/mol. The lowest BCUT2D eigenvalue weighted by atomic mass is 10.3. The van der Waals surface area contributed by atoms with Crippen molar-refractivity contribution in [2.45, 2.75) is 12.8 Å². The lowest BCUT2D eigenvalue weighted by Gasteiger charge is -2.08. The van der Waals surface area contributed by atoms with Gasteiger partial charge in [-0.05, 0) is 18.6 Å². The second-order valence-corrected chi connectivity index (χ2v) is 3.88. The highest BCUT2D eigenvalue weighted by Gasteiger charge is 2.04. The number of halogens is 2. The number of ether oxygens (including phenoxy) is 1. The molecule has 0 bridgehead atoms. The van der Waals surface area contributed by atoms with Gasteiger partial charge >= 0.3 is 0 Å². The minimum Gasteiger partial charge on any atom is -0.492 e. The van der Waals surface area contributed by atoms with E-state index >= 15 is 0 Å². The zero-order valence-electron chi connectivity index (χ0n) is 8.49. The Hall–Kier alpha value is -1.13. The molecule has 0 saturated carbocycles. The molecule has 0 heterocycles. The third kappa shape index (κ3) is 3.79. The van der Waals surface area contributed by atoms with E-state index in [9.17, 15) is 0 Å². The molecule has 0 fully saturated rings. The zero-order valence-corrected chi connectivity index (χ0v) is 10.0. The third-order valence-electron chi connectivity index (χ3n) is 1.88. The van der Waals surface area contributed by atoms with Gasteiger partial charge in [-0.2, -0.15) is 0 Å². The fourth-order valence-corrected chi connectivity index (χ4v) is 1.43. The van der Waals surface area contributed by atoms with Crippen molar-refractivity contribution >= 4 is 29.0 Å². The molecule has 0 amide bonds. The first-order chi connectivity index (χ1) is 7.65. The van der Waals surface area contributed by atoms with E-state index in [1.807, 2.05) is 0 Å². The van der Waals surface area contributed by atoms with Gasteiger partial charge in [-0.25, -0.2) is 0 Å². The average molecular weight is 263 g/mol. The molecule has 1 rings (SSSR count). The average Bonchev–Trinajstić information content (AvgIpc) is 2.29. The molecule has 0 aliphatic heterocycles. The Morgan fingerprint density at radius 2 is 2.19 bits per heavy atom. The number of benzene rings is 1. The van der Waals surface area contributed by atoms with Crippen LogP contribution in [0.3, 0.4) is 0 Å². The van der Waals surface area contributed by atoms with Gasteiger partial charge in [-0.15, -0.1) is 0 Å². The fraction of sp³-hybridized carbons (Fsp3) is 0.300. The van der Waals surface area contributed by atoms with E-state index in [4.69, 9.17) is 38.9 Å². The Morgan fingerprint density at radius 3 is 2.88 bits per heavy atom. The van der Waals surface area contributed by atoms with E-state index in [0.717, 1.165) is 0 Å². The minimum atomic E-state index is 0.181. The third-order valence-corrected chi connectivity index (χ3v) is 2.68. The van der Waals surface area contributed by atoms with Crippen LogP contribution < -0.4 is 10.5 Å². The second-order valence-electron chi connectivity index (χ2n) is 3.10. The van der Waals surface area contributed by atoms with Crippen molar-refractivity contribution in [3.8, 4) is 5.75 Å². The lowest BCUT2D eigenvalue weighted by molar-refractivity contribution is 0.305. The largest absolute Gasteiger partial charge is 0.492 e. The molecular formula is C10H12Cl2N2O2. The first-order valence-electron chi connectivity index (χ1n) is 4.68. The normalized spacial score (nSPS) is 11.5. The second kappa shape index (κ2) is 6.45. The molecule has 0 spiro atoms. The molecule has 0 aromatic heterocycles. The zero-order chi connectivity index (χ0) is 12.0. The van der Waals surface area contributed by atoms with Crippen molar-refractivity contribution in [3.05, 3.63) is 28.2 Å². The Kier molecular flexibility index (Phi) is 5.22. The fourth-order valence-electron chi connectivity index (χ4n) is 1.08. The molecule has 0 atom stereocenters. The van der Waals surface area contributed by atoms with Crippen molar-refractivity contribution < 1.29 is 9.94 Å². The summed E-state index contributed by atoms with van der Waals surface area (Å²) < 4.78 is 5.40. The maximum Gasteiger partial charge on any atom is 0.139 e. The summed E-state index contributed by atoms with van der Waals surface area (Å²) in [4.78, 5) is 0. The van der Waals surface area contributed by atoms with Gasteiger partial charge in [0.2, 0.25) is 0 Å². The number of oxime groups is 1. The first kappa shape index (κ1) is 12.9. The molecule has 0 radical (unpaired) electrons. The Bertz CT molecular complexity index is 383. The van der Waals surface area contributed by atoms with Crippen LogP contribution in [0.25, 0.3) is 0 Å². The molecule has 1 aromatic carbocycles. The number of nitrogens with zero attached hydrogens (tertiary/aromatic N) is 1. The van der Waals surface area contributed by atoms with Crippen LogP contribution in [0.5, 0.6) is 5.75 Å². The molecule has 0 unspecified atom stereocenters. The van der Waals surface area contributed by atoms with Crippen LogP contribution in [0, 0.1) is 0 Å². The van der Waals surface area contributed by atoms with Crippen molar-refractivity contribution in [1.29, 1.82) is 0 Å². The van der Waals surface area contributed by atoms with E-state index in [1.54, 1.807) is 18.2 Å². The molecule has 0 aliphatic rings. The lowest BCUT2D eigenvalue weighted by Crippen LogP contribution is -2.12. The molecule has 4 nitrogen and oxygen atoms in total. The highest BCUT2D eigenvalue weighted by Crippen LogP contribution is 2.31. The van der Waals surface area contributed by atoms with Gasteiger partial charge in [0.1, 0.15) is 16.6 Å². The quantitative estimate of drug-likeness (QED) is 0.282. The summed E-state index contributed by atoms with van der Waals surface area (Å²) in [5.74, 6) is 0.717. The Morgan fingerprint density at radius 1 is 1.44 bits per heavy atom. The summed E-state index contributed by atoms with van der Waals surface area (Å²) >= 11 is 11.7. The number of hydrogen-bond acceptors (Lipinski definition) is 3.